The molecule has 0 aliphatic rings. The number of alkyl carbamates (subject to hydrolysis) is 2. The van der Waals surface area contributed by atoms with E-state index in [1.807, 2.05) is 0 Å². The van der Waals surface area contributed by atoms with Gasteiger partial charge in [-0.25, -0.2) is 9.59 Å². The van der Waals surface area contributed by atoms with Crippen LogP contribution >= 0.6 is 0 Å². The van der Waals surface area contributed by atoms with Crippen molar-refractivity contribution in [2.75, 3.05) is 6.54 Å². The molecule has 0 saturated heterocycles. The zero-order chi connectivity index (χ0) is 19.0. The maximum Gasteiger partial charge on any atom is 0.408 e. The van der Waals surface area contributed by atoms with Gasteiger partial charge in [0.15, 0.2) is 0 Å². The van der Waals surface area contributed by atoms with Gasteiger partial charge >= 0.3 is 18.2 Å². The molecule has 2 N–H and O–H groups in total. The highest BCUT2D eigenvalue weighted by Crippen LogP contribution is 2.09. The third-order valence-corrected chi connectivity index (χ3v) is 2.55. The van der Waals surface area contributed by atoms with E-state index in [9.17, 15) is 18.8 Å². The predicted octanol–water partition coefficient (Wildman–Crippen LogP) is 3.07. The number of carbonyl (C=O) groups is 3. The Hall–Kier alpha value is -1.86. The lowest BCUT2D eigenvalue weighted by atomic mass is 10.1. The molecule has 140 valence electrons. The fraction of sp³-hybridized carbons (Fsp3) is 0.812. The van der Waals surface area contributed by atoms with E-state index >= 15 is 0 Å². The highest BCUT2D eigenvalue weighted by Gasteiger charge is 2.24. The largest absolute Gasteiger partial charge is 0.444 e. The van der Waals surface area contributed by atoms with Gasteiger partial charge in [-0.3, -0.25) is 4.79 Å². The van der Waals surface area contributed by atoms with Gasteiger partial charge in [0.05, 0.1) is 0 Å². The highest BCUT2D eigenvalue weighted by atomic mass is 19.1. The normalized spacial score (nSPS) is 13.0. The maximum atomic E-state index is 13.0. The van der Waals surface area contributed by atoms with Crippen LogP contribution in [0.3, 0.4) is 0 Å². The van der Waals surface area contributed by atoms with Crippen molar-refractivity contribution in [1.29, 1.82) is 0 Å². The summed E-state index contributed by atoms with van der Waals surface area (Å²) in [6.45, 7) is 10.6. The van der Waals surface area contributed by atoms with E-state index in [-0.39, 0.29) is 6.42 Å². The van der Waals surface area contributed by atoms with Gasteiger partial charge in [-0.1, -0.05) is 0 Å². The number of carbonyl (C=O) groups excluding carboxylic acids is 3. The van der Waals surface area contributed by atoms with Crippen LogP contribution in [0.5, 0.6) is 0 Å². The molecule has 24 heavy (non-hydrogen) atoms. The minimum Gasteiger partial charge on any atom is -0.444 e. The molecule has 1 atom stereocenters. The van der Waals surface area contributed by atoms with E-state index in [1.165, 1.54) is 0 Å². The van der Waals surface area contributed by atoms with Crippen LogP contribution < -0.4 is 10.6 Å². The van der Waals surface area contributed by atoms with Crippen LogP contribution in [-0.2, 0) is 14.3 Å². The number of amides is 2. The van der Waals surface area contributed by atoms with E-state index in [4.69, 9.17) is 9.47 Å². The first-order valence-corrected chi connectivity index (χ1v) is 7.96. The summed E-state index contributed by atoms with van der Waals surface area (Å²) in [5.74, 6) is 0. The Labute approximate surface area is 142 Å². The first-order valence-electron chi connectivity index (χ1n) is 7.96. The lowest BCUT2D eigenvalue weighted by molar-refractivity contribution is -0.131. The molecule has 0 saturated carbocycles. The van der Waals surface area contributed by atoms with Crippen molar-refractivity contribution in [3.63, 3.8) is 0 Å². The summed E-state index contributed by atoms with van der Waals surface area (Å²) in [6.07, 6.45) is -0.312. The van der Waals surface area contributed by atoms with Crippen LogP contribution in [0, 0.1) is 0 Å². The summed E-state index contributed by atoms with van der Waals surface area (Å²) in [6, 6.07) is -2.87. The third kappa shape index (κ3) is 12.7. The topological polar surface area (TPSA) is 93.7 Å². The van der Waals surface area contributed by atoms with Crippen molar-refractivity contribution in [3.05, 3.63) is 0 Å². The first-order chi connectivity index (χ1) is 10.8. The Balaban J connectivity index is 4.09. The van der Waals surface area contributed by atoms with Gasteiger partial charge in [-0.2, -0.15) is 4.39 Å². The highest BCUT2D eigenvalue weighted by molar-refractivity contribution is 5.80. The summed E-state index contributed by atoms with van der Waals surface area (Å²) in [7, 11) is 0. The summed E-state index contributed by atoms with van der Waals surface area (Å²) in [5.41, 5.74) is -1.31. The second kappa shape index (κ2) is 9.44. The second-order valence-corrected chi connectivity index (χ2v) is 7.43. The Bertz CT molecular complexity index is 441. The zero-order valence-corrected chi connectivity index (χ0v) is 15.3. The molecule has 0 radical (unpaired) electrons. The van der Waals surface area contributed by atoms with E-state index in [0.717, 1.165) is 0 Å². The number of hydrogen-bond donors (Lipinski definition) is 2. The van der Waals surface area contributed by atoms with E-state index in [2.05, 4.69) is 10.6 Å². The summed E-state index contributed by atoms with van der Waals surface area (Å²) in [5, 5.41) is 4.77. The molecule has 0 aromatic rings. The Morgan fingerprint density at radius 2 is 1.42 bits per heavy atom. The standard InChI is InChI=1S/C16H29FN2O5/c1-15(2,3)23-13(21)18-10-8-7-9-11(12(17)20)19-14(22)24-16(4,5)6/h11H,7-10H2,1-6H3,(H,18,21)(H,19,22)/t11-/m1/s1. The van der Waals surface area contributed by atoms with Crippen LogP contribution in [-0.4, -0.2) is 42.0 Å². The molecular weight excluding hydrogens is 319 g/mol. The molecule has 0 aromatic heterocycles. The predicted molar refractivity (Wildman–Crippen MR) is 87.4 cm³/mol. The minimum absolute atomic E-state index is 0.116. The van der Waals surface area contributed by atoms with E-state index in [0.29, 0.717) is 19.4 Å². The Morgan fingerprint density at radius 1 is 0.917 bits per heavy atom. The molecule has 0 rings (SSSR count). The van der Waals surface area contributed by atoms with Crippen LogP contribution in [0.4, 0.5) is 14.0 Å². The van der Waals surface area contributed by atoms with E-state index in [1.54, 1.807) is 41.5 Å². The molecule has 0 heterocycles. The van der Waals surface area contributed by atoms with E-state index < -0.39 is 35.5 Å². The van der Waals surface area contributed by atoms with Crippen molar-refractivity contribution in [3.8, 4) is 0 Å². The molecule has 8 heteroatoms. The first kappa shape index (κ1) is 22.1. The number of halogens is 1. The van der Waals surface area contributed by atoms with Crippen LogP contribution in [0.1, 0.15) is 60.8 Å². The second-order valence-electron chi connectivity index (χ2n) is 7.43. The quantitative estimate of drug-likeness (QED) is 0.545. The van der Waals surface area contributed by atoms with Crippen molar-refractivity contribution < 1.29 is 28.2 Å². The number of rotatable bonds is 7. The van der Waals surface area contributed by atoms with Crippen LogP contribution in [0.15, 0.2) is 0 Å². The van der Waals surface area contributed by atoms with Gasteiger partial charge in [0.25, 0.3) is 0 Å². The fourth-order valence-corrected chi connectivity index (χ4v) is 1.67. The molecule has 0 aliphatic heterocycles. The molecule has 2 amide bonds. The van der Waals surface area contributed by atoms with Crippen molar-refractivity contribution in [2.45, 2.75) is 78.0 Å². The molecular formula is C16H29FN2O5. The number of unbranched alkanes of at least 4 members (excludes halogenated alkanes) is 1. The van der Waals surface area contributed by atoms with Gasteiger partial charge in [-0.05, 0) is 60.8 Å². The molecule has 7 nitrogen and oxygen atoms in total. The Kier molecular flexibility index (Phi) is 8.71. The Morgan fingerprint density at radius 3 is 1.88 bits per heavy atom. The van der Waals surface area contributed by atoms with Crippen LogP contribution in [0.25, 0.3) is 0 Å². The number of ether oxygens (including phenoxy) is 2. The lowest BCUT2D eigenvalue weighted by Gasteiger charge is -2.22. The summed E-state index contributed by atoms with van der Waals surface area (Å²) in [4.78, 5) is 33.9. The van der Waals surface area contributed by atoms with Gasteiger partial charge in [-0.15, -0.1) is 0 Å². The smallest absolute Gasteiger partial charge is 0.408 e. The molecule has 0 fully saturated rings. The molecule has 0 spiro atoms. The lowest BCUT2D eigenvalue weighted by Crippen LogP contribution is -2.42. The van der Waals surface area contributed by atoms with Crippen molar-refractivity contribution in [2.24, 2.45) is 0 Å². The zero-order valence-electron chi connectivity index (χ0n) is 15.3. The SMILES string of the molecule is CC(C)(C)OC(=O)NCCCC[C@@H](NC(=O)OC(C)(C)C)C(=O)F. The van der Waals surface area contributed by atoms with Crippen molar-refractivity contribution >= 4 is 18.2 Å². The minimum atomic E-state index is -1.62. The molecule has 0 bridgehead atoms. The van der Waals surface area contributed by atoms with Gasteiger partial charge in [0.1, 0.15) is 17.2 Å². The average Bonchev–Trinajstić information content (AvgIpc) is 2.32. The van der Waals surface area contributed by atoms with Gasteiger partial charge in [0.2, 0.25) is 0 Å². The van der Waals surface area contributed by atoms with Crippen LogP contribution in [0.2, 0.25) is 0 Å². The van der Waals surface area contributed by atoms with Crippen molar-refractivity contribution in [1.82, 2.24) is 10.6 Å². The number of hydrogen-bond acceptors (Lipinski definition) is 5. The monoisotopic (exact) mass is 348 g/mol. The average molecular weight is 348 g/mol. The third-order valence-electron chi connectivity index (χ3n) is 2.55. The van der Waals surface area contributed by atoms with Gasteiger partial charge in [0, 0.05) is 6.54 Å². The maximum absolute atomic E-state index is 13.0. The van der Waals surface area contributed by atoms with Gasteiger partial charge < -0.3 is 20.1 Å². The molecule has 0 unspecified atom stereocenters. The summed E-state index contributed by atoms with van der Waals surface area (Å²) < 4.78 is 23.0. The molecule has 0 aromatic carbocycles. The molecule has 0 aliphatic carbocycles. The number of nitrogens with one attached hydrogen (secondary N) is 2. The fourth-order valence-electron chi connectivity index (χ4n) is 1.67. The summed E-state index contributed by atoms with van der Waals surface area (Å²) >= 11 is 0.